The third-order valence-corrected chi connectivity index (χ3v) is 10.6. The molecule has 3 aliphatic heterocycles. The number of fused-ring (bicyclic) bond motifs is 6. The van der Waals surface area contributed by atoms with Crippen molar-refractivity contribution < 1.29 is 28.7 Å². The Labute approximate surface area is 275 Å². The predicted octanol–water partition coefficient (Wildman–Crippen LogP) is 6.12. The largest absolute Gasteiger partial charge is 0.494 e. The molecule has 47 heavy (non-hydrogen) atoms. The molecule has 2 saturated heterocycles. The van der Waals surface area contributed by atoms with Crippen LogP contribution in [0.15, 0.2) is 42.5 Å². The molecule has 0 saturated carbocycles. The van der Waals surface area contributed by atoms with Gasteiger partial charge in [-0.2, -0.15) is 0 Å². The van der Waals surface area contributed by atoms with Crippen LogP contribution in [0.3, 0.4) is 0 Å². The number of hydrogen-bond acceptors (Lipinski definition) is 6. The zero-order chi connectivity index (χ0) is 33.6. The van der Waals surface area contributed by atoms with Gasteiger partial charge in [0, 0.05) is 24.5 Å². The van der Waals surface area contributed by atoms with Gasteiger partial charge < -0.3 is 29.0 Å². The fraction of sp³-hybridized carbons (Fsp3) is 0.472. The van der Waals surface area contributed by atoms with Crippen LogP contribution in [0.4, 0.5) is 4.79 Å². The molecule has 0 bridgehead atoms. The SMILES string of the molecule is CC(C)[C@@H](C(=O)N1C[C@@H](C)C[C@H]1c1nc2c(ccc3cc4c(cc32)OCc2cc(B3OC(C)(C)C(C)(C)O3)ccc2-4)[nH]1)N(C)C(=O)O. The second-order valence-electron chi connectivity index (χ2n) is 14.9. The van der Waals surface area contributed by atoms with Gasteiger partial charge in [-0.1, -0.05) is 45.0 Å². The summed E-state index contributed by atoms with van der Waals surface area (Å²) in [7, 11) is 1.03. The van der Waals surface area contributed by atoms with Crippen LogP contribution in [0, 0.1) is 11.8 Å². The van der Waals surface area contributed by atoms with Gasteiger partial charge in [0.05, 0.1) is 28.3 Å². The third-order valence-electron chi connectivity index (χ3n) is 10.6. The van der Waals surface area contributed by atoms with Crippen molar-refractivity contribution in [2.75, 3.05) is 13.6 Å². The lowest BCUT2D eigenvalue weighted by Crippen LogP contribution is -2.51. The number of nitrogens with zero attached hydrogens (tertiary/aromatic N) is 3. The molecule has 3 aliphatic rings. The Morgan fingerprint density at radius 3 is 2.47 bits per heavy atom. The predicted molar refractivity (Wildman–Crippen MR) is 182 cm³/mol. The quantitative estimate of drug-likeness (QED) is 0.253. The molecule has 246 valence electrons. The van der Waals surface area contributed by atoms with E-state index in [0.717, 1.165) is 61.0 Å². The summed E-state index contributed by atoms with van der Waals surface area (Å²) in [4.78, 5) is 37.2. The summed E-state index contributed by atoms with van der Waals surface area (Å²) in [5, 5.41) is 11.7. The highest BCUT2D eigenvalue weighted by atomic mass is 16.7. The fourth-order valence-electron chi connectivity index (χ4n) is 7.34. The topological polar surface area (TPSA) is 117 Å². The van der Waals surface area contributed by atoms with Gasteiger partial charge in [-0.25, -0.2) is 9.78 Å². The van der Waals surface area contributed by atoms with Crippen LogP contribution in [0.2, 0.25) is 0 Å². The Bertz CT molecular complexity index is 1900. The second kappa shape index (κ2) is 11.0. The Balaban J connectivity index is 1.22. The number of carbonyl (C=O) groups is 2. The van der Waals surface area contributed by atoms with Crippen LogP contribution < -0.4 is 10.2 Å². The average molecular weight is 639 g/mol. The standard InChI is InChI=1S/C36H43BN4O6/c1-19(2)31(40(8)34(43)44)33(42)41-17-20(3)13-28(41)32-38-27-12-9-21-15-26-24-11-10-23(37-46-35(4,5)36(6,7)47-37)14-22(24)18-45-29(26)16-25(21)30(27)39-32/h9-12,14-16,19-20,28,31H,13,17-18H2,1-8H3,(H,38,39)(H,43,44)/t20-,28-,31-/m0/s1. The molecule has 0 spiro atoms. The minimum atomic E-state index is -1.12. The molecular formula is C36H43BN4O6. The Kier molecular flexibility index (Phi) is 7.37. The summed E-state index contributed by atoms with van der Waals surface area (Å²) in [5.74, 6) is 1.40. The molecule has 11 heteroatoms. The summed E-state index contributed by atoms with van der Waals surface area (Å²) in [6.45, 7) is 15.1. The number of carboxylic acid groups (broad SMARTS) is 1. The smallest absolute Gasteiger partial charge is 0.488 e. The Morgan fingerprint density at radius 2 is 1.79 bits per heavy atom. The lowest BCUT2D eigenvalue weighted by molar-refractivity contribution is -0.138. The van der Waals surface area contributed by atoms with Gasteiger partial charge in [0.15, 0.2) is 0 Å². The maximum Gasteiger partial charge on any atom is 0.494 e. The zero-order valence-corrected chi connectivity index (χ0v) is 28.4. The molecule has 10 nitrogen and oxygen atoms in total. The van der Waals surface area contributed by atoms with E-state index in [-0.39, 0.29) is 23.8 Å². The summed E-state index contributed by atoms with van der Waals surface area (Å²) in [6, 6.07) is 13.6. The maximum absolute atomic E-state index is 13.9. The Morgan fingerprint density at radius 1 is 1.06 bits per heavy atom. The summed E-state index contributed by atoms with van der Waals surface area (Å²) in [5.41, 5.74) is 5.08. The molecule has 0 radical (unpaired) electrons. The first-order valence-corrected chi connectivity index (χ1v) is 16.5. The molecule has 3 atom stereocenters. The van der Waals surface area contributed by atoms with E-state index >= 15 is 0 Å². The molecule has 0 aliphatic carbocycles. The van der Waals surface area contributed by atoms with Gasteiger partial charge in [0.25, 0.3) is 0 Å². The first-order chi connectivity index (χ1) is 22.1. The number of aromatic amines is 1. The van der Waals surface area contributed by atoms with Crippen molar-refractivity contribution in [3.8, 4) is 16.9 Å². The van der Waals surface area contributed by atoms with E-state index in [0.29, 0.717) is 19.0 Å². The maximum atomic E-state index is 13.9. The van der Waals surface area contributed by atoms with Crippen molar-refractivity contribution >= 4 is 46.4 Å². The van der Waals surface area contributed by atoms with Crippen molar-refractivity contribution in [2.45, 2.75) is 84.8 Å². The van der Waals surface area contributed by atoms with Crippen LogP contribution >= 0.6 is 0 Å². The molecule has 2 amide bonds. The normalized spacial score (nSPS) is 22.0. The lowest BCUT2D eigenvalue weighted by atomic mass is 9.77. The lowest BCUT2D eigenvalue weighted by Gasteiger charge is -2.33. The van der Waals surface area contributed by atoms with Crippen LogP contribution in [-0.4, -0.2) is 74.8 Å². The van der Waals surface area contributed by atoms with Crippen molar-refractivity contribution in [3.05, 3.63) is 53.9 Å². The second-order valence-corrected chi connectivity index (χ2v) is 14.9. The minimum absolute atomic E-state index is 0.175. The van der Waals surface area contributed by atoms with Gasteiger partial charge in [0.2, 0.25) is 5.91 Å². The average Bonchev–Trinajstić information content (AvgIpc) is 3.68. The van der Waals surface area contributed by atoms with E-state index < -0.39 is 30.5 Å². The monoisotopic (exact) mass is 638 g/mol. The van der Waals surface area contributed by atoms with E-state index in [1.807, 2.05) is 24.8 Å². The summed E-state index contributed by atoms with van der Waals surface area (Å²) < 4.78 is 18.9. The molecule has 2 N–H and O–H groups in total. The first kappa shape index (κ1) is 31.5. The van der Waals surface area contributed by atoms with Gasteiger partial charge in [-0.3, -0.25) is 9.69 Å². The van der Waals surface area contributed by atoms with E-state index in [9.17, 15) is 14.7 Å². The van der Waals surface area contributed by atoms with E-state index in [2.05, 4.69) is 76.0 Å². The number of imidazole rings is 1. The molecular weight excluding hydrogens is 595 g/mol. The number of rotatable bonds is 5. The van der Waals surface area contributed by atoms with Gasteiger partial charge in [-0.05, 0) is 86.1 Å². The molecule has 1 aromatic heterocycles. The van der Waals surface area contributed by atoms with Crippen molar-refractivity contribution in [3.63, 3.8) is 0 Å². The molecule has 2 fully saturated rings. The van der Waals surface area contributed by atoms with Crippen molar-refractivity contribution in [1.82, 2.24) is 19.8 Å². The van der Waals surface area contributed by atoms with E-state index in [1.54, 1.807) is 0 Å². The number of hydrogen-bond donors (Lipinski definition) is 2. The third kappa shape index (κ3) is 5.15. The summed E-state index contributed by atoms with van der Waals surface area (Å²) in [6.07, 6.45) is -0.372. The van der Waals surface area contributed by atoms with Gasteiger partial charge in [-0.15, -0.1) is 0 Å². The fourth-order valence-corrected chi connectivity index (χ4v) is 7.34. The van der Waals surface area contributed by atoms with Crippen LogP contribution in [-0.2, 0) is 20.7 Å². The molecule has 3 aromatic carbocycles. The highest BCUT2D eigenvalue weighted by Crippen LogP contribution is 2.43. The van der Waals surface area contributed by atoms with Gasteiger partial charge in [0.1, 0.15) is 24.2 Å². The van der Waals surface area contributed by atoms with E-state index in [1.165, 1.54) is 7.05 Å². The minimum Gasteiger partial charge on any atom is -0.488 e. The highest BCUT2D eigenvalue weighted by Gasteiger charge is 2.52. The van der Waals surface area contributed by atoms with Crippen LogP contribution in [0.1, 0.15) is 72.3 Å². The number of nitrogens with one attached hydrogen (secondary N) is 1. The number of benzene rings is 3. The van der Waals surface area contributed by atoms with Crippen LogP contribution in [0.25, 0.3) is 32.9 Å². The molecule has 4 heterocycles. The molecule has 7 rings (SSSR count). The number of likely N-dealkylation sites (N-methyl/N-ethyl adjacent to an activating group) is 1. The van der Waals surface area contributed by atoms with Gasteiger partial charge >= 0.3 is 13.2 Å². The number of carbonyl (C=O) groups excluding carboxylic acids is 1. The van der Waals surface area contributed by atoms with Crippen LogP contribution in [0.5, 0.6) is 5.75 Å². The van der Waals surface area contributed by atoms with Crippen molar-refractivity contribution in [1.29, 1.82) is 0 Å². The molecule has 0 unspecified atom stereocenters. The number of ether oxygens (including phenoxy) is 1. The first-order valence-electron chi connectivity index (χ1n) is 16.5. The van der Waals surface area contributed by atoms with Crippen molar-refractivity contribution in [2.24, 2.45) is 11.8 Å². The number of amides is 2. The van der Waals surface area contributed by atoms with E-state index in [4.69, 9.17) is 19.0 Å². The Hall–Kier alpha value is -4.09. The highest BCUT2D eigenvalue weighted by molar-refractivity contribution is 6.62. The number of H-pyrrole nitrogens is 1. The molecule has 4 aromatic rings. The number of aromatic nitrogens is 2. The number of likely N-dealkylation sites (tertiary alicyclic amines) is 1. The zero-order valence-electron chi connectivity index (χ0n) is 28.4. The summed E-state index contributed by atoms with van der Waals surface area (Å²) >= 11 is 0.